The molecule has 0 aliphatic carbocycles. The molecule has 0 radical (unpaired) electrons. The van der Waals surface area contributed by atoms with Gasteiger partial charge >= 0.3 is 0 Å². The number of halogens is 1. The molecule has 122 valence electrons. The second-order valence-corrected chi connectivity index (χ2v) is 6.29. The van der Waals surface area contributed by atoms with E-state index in [-0.39, 0.29) is 12.6 Å². The number of epoxide rings is 1. The molecule has 2 heterocycles. The zero-order valence-electron chi connectivity index (χ0n) is 12.8. The summed E-state index contributed by atoms with van der Waals surface area (Å²) in [6.45, 7) is 0.253. The monoisotopic (exact) mass is 341 g/mol. The fourth-order valence-corrected chi connectivity index (χ4v) is 3.29. The Labute approximate surface area is 144 Å². The highest BCUT2D eigenvalue weighted by atomic mass is 35.5. The Hall–Kier alpha value is -2.21. The molecule has 1 saturated heterocycles. The zero-order valence-corrected chi connectivity index (χ0v) is 13.5. The quantitative estimate of drug-likeness (QED) is 0.725. The SMILES string of the molecule is OC(Cn1cncn1)(c1ccccc1)[C@H]1O[C@@H]1c1ccccc1Cl. The number of ether oxygens (including phenoxy) is 1. The predicted molar refractivity (Wildman–Crippen MR) is 89.4 cm³/mol. The topological polar surface area (TPSA) is 63.5 Å². The predicted octanol–water partition coefficient (Wildman–Crippen LogP) is 2.96. The van der Waals surface area contributed by atoms with Crippen molar-refractivity contribution in [1.82, 2.24) is 14.8 Å². The molecule has 3 atom stereocenters. The Balaban J connectivity index is 1.68. The van der Waals surface area contributed by atoms with E-state index < -0.39 is 11.7 Å². The van der Waals surface area contributed by atoms with Gasteiger partial charge in [0, 0.05) is 10.6 Å². The van der Waals surface area contributed by atoms with E-state index in [4.69, 9.17) is 16.3 Å². The third-order valence-corrected chi connectivity index (χ3v) is 4.66. The minimum atomic E-state index is -1.22. The average Bonchev–Trinajstić information content (AvgIpc) is 3.26. The average molecular weight is 342 g/mol. The largest absolute Gasteiger partial charge is 0.380 e. The smallest absolute Gasteiger partial charge is 0.138 e. The van der Waals surface area contributed by atoms with Crippen LogP contribution in [0.4, 0.5) is 0 Å². The van der Waals surface area contributed by atoms with Crippen LogP contribution in [-0.2, 0) is 16.9 Å². The Bertz CT molecular complexity index is 825. The first kappa shape index (κ1) is 15.3. The molecule has 1 aromatic heterocycles. The third kappa shape index (κ3) is 2.71. The van der Waals surface area contributed by atoms with Gasteiger partial charge in [-0.3, -0.25) is 0 Å². The van der Waals surface area contributed by atoms with Crippen LogP contribution in [0.2, 0.25) is 5.02 Å². The van der Waals surface area contributed by atoms with Gasteiger partial charge in [0.15, 0.2) is 0 Å². The number of aliphatic hydroxyl groups is 1. The molecule has 0 bridgehead atoms. The molecule has 24 heavy (non-hydrogen) atoms. The molecule has 3 aromatic rings. The molecule has 0 amide bonds. The van der Waals surface area contributed by atoms with E-state index in [1.807, 2.05) is 54.6 Å². The van der Waals surface area contributed by atoms with Gasteiger partial charge in [0.25, 0.3) is 0 Å². The van der Waals surface area contributed by atoms with E-state index in [2.05, 4.69) is 10.1 Å². The van der Waals surface area contributed by atoms with Crippen molar-refractivity contribution >= 4 is 11.6 Å². The van der Waals surface area contributed by atoms with E-state index in [1.54, 1.807) is 11.0 Å². The van der Waals surface area contributed by atoms with Crippen molar-refractivity contribution < 1.29 is 9.84 Å². The van der Waals surface area contributed by atoms with Crippen LogP contribution in [0.25, 0.3) is 0 Å². The summed E-state index contributed by atoms with van der Waals surface area (Å²) in [6.07, 6.45) is 2.39. The summed E-state index contributed by atoms with van der Waals surface area (Å²) < 4.78 is 7.47. The molecule has 0 spiro atoms. The van der Waals surface area contributed by atoms with Crippen molar-refractivity contribution in [3.8, 4) is 0 Å². The maximum Gasteiger partial charge on any atom is 0.138 e. The van der Waals surface area contributed by atoms with Gasteiger partial charge in [-0.2, -0.15) is 5.10 Å². The Morgan fingerprint density at radius 2 is 1.88 bits per heavy atom. The van der Waals surface area contributed by atoms with Gasteiger partial charge in [-0.15, -0.1) is 0 Å². The maximum atomic E-state index is 11.5. The summed E-state index contributed by atoms with van der Waals surface area (Å²) in [7, 11) is 0. The highest BCUT2D eigenvalue weighted by Gasteiger charge is 2.56. The fourth-order valence-electron chi connectivity index (χ4n) is 3.05. The standard InChI is InChI=1S/C18H16ClN3O2/c19-15-9-5-4-8-14(15)16-17(24-16)18(23,10-22-12-20-11-21-22)13-6-2-1-3-7-13/h1-9,11-12,16-17,23H,10H2/t16-,17+,18?/m1/s1. The van der Waals surface area contributed by atoms with Crippen molar-refractivity contribution in [3.63, 3.8) is 0 Å². The fraction of sp³-hybridized carbons (Fsp3) is 0.222. The number of benzene rings is 2. The van der Waals surface area contributed by atoms with Crippen LogP contribution in [0, 0.1) is 0 Å². The lowest BCUT2D eigenvalue weighted by Gasteiger charge is -2.27. The number of hydrogen-bond acceptors (Lipinski definition) is 4. The van der Waals surface area contributed by atoms with Gasteiger partial charge in [0.2, 0.25) is 0 Å². The van der Waals surface area contributed by atoms with Crippen molar-refractivity contribution in [2.24, 2.45) is 0 Å². The van der Waals surface area contributed by atoms with Crippen LogP contribution in [0.1, 0.15) is 17.2 Å². The molecule has 1 aliphatic rings. The summed E-state index contributed by atoms with van der Waals surface area (Å²) in [5.41, 5.74) is 0.441. The first-order valence-corrected chi connectivity index (χ1v) is 8.06. The molecule has 1 aliphatic heterocycles. The summed E-state index contributed by atoms with van der Waals surface area (Å²) >= 11 is 6.27. The lowest BCUT2D eigenvalue weighted by Crippen LogP contribution is -2.37. The molecule has 2 aromatic carbocycles. The number of hydrogen-bond donors (Lipinski definition) is 1. The van der Waals surface area contributed by atoms with E-state index in [9.17, 15) is 5.11 Å². The summed E-state index contributed by atoms with van der Waals surface area (Å²) in [5.74, 6) is 0. The van der Waals surface area contributed by atoms with E-state index in [1.165, 1.54) is 6.33 Å². The minimum Gasteiger partial charge on any atom is -0.380 e. The molecule has 5 nitrogen and oxygen atoms in total. The molecule has 1 fully saturated rings. The summed E-state index contributed by atoms with van der Waals surface area (Å²) in [6, 6.07) is 17.0. The second-order valence-electron chi connectivity index (χ2n) is 5.88. The number of aromatic nitrogens is 3. The van der Waals surface area contributed by atoms with Crippen molar-refractivity contribution in [1.29, 1.82) is 0 Å². The van der Waals surface area contributed by atoms with E-state index >= 15 is 0 Å². The van der Waals surface area contributed by atoms with Gasteiger partial charge in [-0.1, -0.05) is 60.1 Å². The molecular weight excluding hydrogens is 326 g/mol. The normalized spacial score (nSPS) is 22.1. The van der Waals surface area contributed by atoms with Crippen LogP contribution in [-0.4, -0.2) is 26.0 Å². The van der Waals surface area contributed by atoms with E-state index in [0.717, 1.165) is 11.1 Å². The molecule has 4 rings (SSSR count). The Morgan fingerprint density at radius 1 is 1.12 bits per heavy atom. The summed E-state index contributed by atoms with van der Waals surface area (Å²) in [5, 5.41) is 16.2. The Morgan fingerprint density at radius 3 is 2.58 bits per heavy atom. The molecule has 0 saturated carbocycles. The van der Waals surface area contributed by atoms with Gasteiger partial charge < -0.3 is 9.84 Å². The highest BCUT2D eigenvalue weighted by molar-refractivity contribution is 6.31. The molecule has 1 unspecified atom stereocenters. The molecule has 6 heteroatoms. The van der Waals surface area contributed by atoms with Gasteiger partial charge in [0.1, 0.15) is 30.5 Å². The molecule has 1 N–H and O–H groups in total. The maximum absolute atomic E-state index is 11.5. The lowest BCUT2D eigenvalue weighted by atomic mass is 9.87. The lowest BCUT2D eigenvalue weighted by molar-refractivity contribution is -0.0123. The van der Waals surface area contributed by atoms with Crippen LogP contribution >= 0.6 is 11.6 Å². The number of rotatable bonds is 5. The number of nitrogens with zero attached hydrogens (tertiary/aromatic N) is 3. The highest BCUT2D eigenvalue weighted by Crippen LogP contribution is 2.51. The van der Waals surface area contributed by atoms with E-state index in [0.29, 0.717) is 5.02 Å². The van der Waals surface area contributed by atoms with Crippen LogP contribution < -0.4 is 0 Å². The van der Waals surface area contributed by atoms with Crippen molar-refractivity contribution in [2.75, 3.05) is 0 Å². The first-order chi connectivity index (χ1) is 11.7. The van der Waals surface area contributed by atoms with Crippen molar-refractivity contribution in [2.45, 2.75) is 24.4 Å². The van der Waals surface area contributed by atoms with Crippen molar-refractivity contribution in [3.05, 3.63) is 83.4 Å². The second kappa shape index (κ2) is 6.02. The van der Waals surface area contributed by atoms with Gasteiger partial charge in [0.05, 0.1) is 6.54 Å². The molecular formula is C18H16ClN3O2. The Kier molecular flexibility index (Phi) is 3.84. The zero-order chi connectivity index (χ0) is 16.6. The van der Waals surface area contributed by atoms with Gasteiger partial charge in [-0.05, 0) is 11.6 Å². The van der Waals surface area contributed by atoms with Crippen LogP contribution in [0.15, 0.2) is 67.3 Å². The van der Waals surface area contributed by atoms with Gasteiger partial charge in [-0.25, -0.2) is 9.67 Å². The van der Waals surface area contributed by atoms with Crippen LogP contribution in [0.3, 0.4) is 0 Å². The van der Waals surface area contributed by atoms with Crippen LogP contribution in [0.5, 0.6) is 0 Å². The first-order valence-electron chi connectivity index (χ1n) is 7.69. The summed E-state index contributed by atoms with van der Waals surface area (Å²) in [4.78, 5) is 3.95. The minimum absolute atomic E-state index is 0.243. The third-order valence-electron chi connectivity index (χ3n) is 4.32.